The predicted molar refractivity (Wildman–Crippen MR) is 143 cm³/mol. The second kappa shape index (κ2) is 9.74. The molecule has 3 fully saturated rings. The van der Waals surface area contributed by atoms with Crippen molar-refractivity contribution in [3.63, 3.8) is 0 Å². The highest BCUT2D eigenvalue weighted by Gasteiger charge is 2.76. The predicted octanol–water partition coefficient (Wildman–Crippen LogP) is 2.68. The molecule has 3 aliphatic carbocycles. The quantitative estimate of drug-likeness (QED) is 0.315. The molecule has 1 aliphatic heterocycles. The van der Waals surface area contributed by atoms with Gasteiger partial charge in [-0.15, -0.1) is 0 Å². The monoisotopic (exact) mass is 570 g/mol. The van der Waals surface area contributed by atoms with Crippen LogP contribution in [0, 0.1) is 16.7 Å². The van der Waals surface area contributed by atoms with Crippen LogP contribution < -0.4 is 0 Å². The smallest absolute Gasteiger partial charge is 0.338 e. The van der Waals surface area contributed by atoms with E-state index in [2.05, 4.69) is 0 Å². The van der Waals surface area contributed by atoms with Crippen LogP contribution in [0.2, 0.25) is 0 Å². The van der Waals surface area contributed by atoms with Gasteiger partial charge in [0.1, 0.15) is 17.8 Å². The Morgan fingerprint density at radius 1 is 1.02 bits per heavy atom. The first kappa shape index (κ1) is 29.4. The summed E-state index contributed by atoms with van der Waals surface area (Å²) in [5.74, 6) is -3.64. The van der Waals surface area contributed by atoms with Crippen molar-refractivity contribution in [1.29, 1.82) is 0 Å². The van der Waals surface area contributed by atoms with Crippen molar-refractivity contribution in [3.05, 3.63) is 47.0 Å². The lowest BCUT2D eigenvalue weighted by Crippen LogP contribution is -2.79. The standard InChI is InChI=1S/C31H38O10/c1-16-20(34)14-31(37)26(40-27(36)19-10-8-7-9-11-19)24-29(6,13-12-21-30(24,15-38-21)41-18(3)33)25(35)23(39-17(2)32)22(16)28(31,4)5/h7-11,20-21,23-24,26,34,37H,12-15H2,1-6H3/t20-,21+,23+,24-,26-,29+,30-,31+/m0/s1. The normalized spacial score (nSPS) is 39.2. The Balaban J connectivity index is 1.81. The number of hydrogen-bond acceptors (Lipinski definition) is 10. The summed E-state index contributed by atoms with van der Waals surface area (Å²) >= 11 is 0. The van der Waals surface area contributed by atoms with Crippen LogP contribution in [-0.4, -0.2) is 76.1 Å². The fraction of sp³-hybridized carbons (Fsp3) is 0.613. The van der Waals surface area contributed by atoms with Gasteiger partial charge in [0.25, 0.3) is 0 Å². The molecular weight excluding hydrogens is 532 g/mol. The van der Waals surface area contributed by atoms with E-state index >= 15 is 0 Å². The Hall–Kier alpha value is -3.08. The first-order chi connectivity index (χ1) is 19.1. The maximum absolute atomic E-state index is 14.7. The van der Waals surface area contributed by atoms with E-state index in [1.165, 1.54) is 13.8 Å². The van der Waals surface area contributed by atoms with Crippen LogP contribution in [0.1, 0.15) is 71.2 Å². The van der Waals surface area contributed by atoms with Crippen LogP contribution >= 0.6 is 0 Å². The fourth-order valence-corrected chi connectivity index (χ4v) is 7.92. The van der Waals surface area contributed by atoms with Crippen LogP contribution in [0.3, 0.4) is 0 Å². The van der Waals surface area contributed by atoms with Crippen molar-refractivity contribution >= 4 is 23.7 Å². The highest BCUT2D eigenvalue weighted by atomic mass is 16.6. The molecule has 4 aliphatic rings. The van der Waals surface area contributed by atoms with Gasteiger partial charge >= 0.3 is 17.9 Å². The first-order valence-electron chi connectivity index (χ1n) is 14.0. The SMILES string of the molecule is CC(=O)O[C@H]1C(=O)[C@]2(C)CC[C@H]3OC[C@@]3(OC(C)=O)[C@H]2[C@H](OC(=O)c2ccccc2)[C@]2(O)C[C@H](O)C(C)=C1C2(C)C. The molecule has 1 saturated heterocycles. The summed E-state index contributed by atoms with van der Waals surface area (Å²) in [6, 6.07) is 8.25. The lowest BCUT2D eigenvalue weighted by Gasteiger charge is -2.66. The lowest BCUT2D eigenvalue weighted by molar-refractivity contribution is -0.332. The molecule has 0 radical (unpaired) electrons. The molecule has 1 aromatic carbocycles. The number of fused-ring (bicyclic) bond motifs is 5. The second-order valence-corrected chi connectivity index (χ2v) is 12.7. The molecule has 1 aromatic rings. The van der Waals surface area contributed by atoms with Gasteiger partial charge in [0.2, 0.25) is 0 Å². The summed E-state index contributed by atoms with van der Waals surface area (Å²) < 4.78 is 23.8. The number of esters is 3. The van der Waals surface area contributed by atoms with E-state index in [1.54, 1.807) is 58.0 Å². The van der Waals surface area contributed by atoms with Crippen LogP contribution in [0.5, 0.6) is 0 Å². The van der Waals surface area contributed by atoms with E-state index < -0.39 is 76.1 Å². The molecular formula is C31H38O10. The summed E-state index contributed by atoms with van der Waals surface area (Å²) in [7, 11) is 0. The minimum absolute atomic E-state index is 0.0802. The summed E-state index contributed by atoms with van der Waals surface area (Å²) in [6.45, 7) is 9.07. The number of hydrogen-bond donors (Lipinski definition) is 2. The maximum atomic E-state index is 14.7. The van der Waals surface area contributed by atoms with Crippen molar-refractivity contribution < 1.29 is 48.3 Å². The molecule has 222 valence electrons. The molecule has 1 heterocycles. The summed E-state index contributed by atoms with van der Waals surface area (Å²) in [6.07, 6.45) is -4.36. The number of carbonyl (C=O) groups is 4. The number of carbonyl (C=O) groups excluding carboxylic acids is 4. The van der Waals surface area contributed by atoms with Crippen molar-refractivity contribution in [2.75, 3.05) is 6.61 Å². The van der Waals surface area contributed by atoms with E-state index in [4.69, 9.17) is 18.9 Å². The molecule has 2 saturated carbocycles. The average molecular weight is 571 g/mol. The minimum Gasteiger partial charge on any atom is -0.455 e. The number of aliphatic hydroxyl groups excluding tert-OH is 1. The van der Waals surface area contributed by atoms with Crippen LogP contribution in [-0.2, 0) is 33.3 Å². The molecule has 2 N–H and O–H groups in total. The molecule has 10 nitrogen and oxygen atoms in total. The molecule has 2 bridgehead atoms. The van der Waals surface area contributed by atoms with Crippen LogP contribution in [0.4, 0.5) is 0 Å². The zero-order chi connectivity index (χ0) is 30.1. The summed E-state index contributed by atoms with van der Waals surface area (Å²) in [4.78, 5) is 53.3. The zero-order valence-electron chi connectivity index (χ0n) is 24.3. The molecule has 41 heavy (non-hydrogen) atoms. The third-order valence-electron chi connectivity index (χ3n) is 10.1. The van der Waals surface area contributed by atoms with E-state index in [0.29, 0.717) is 12.0 Å². The molecule has 10 heteroatoms. The Morgan fingerprint density at radius 2 is 1.68 bits per heavy atom. The van der Waals surface area contributed by atoms with Crippen molar-refractivity contribution in [2.24, 2.45) is 16.7 Å². The van der Waals surface area contributed by atoms with Gasteiger partial charge in [0, 0.05) is 31.1 Å². The summed E-state index contributed by atoms with van der Waals surface area (Å²) in [5, 5.41) is 24.1. The number of ether oxygens (including phenoxy) is 4. The number of ketones is 1. The minimum atomic E-state index is -1.98. The van der Waals surface area contributed by atoms with Gasteiger partial charge in [-0.1, -0.05) is 39.0 Å². The topological polar surface area (TPSA) is 146 Å². The van der Waals surface area contributed by atoms with Crippen molar-refractivity contribution in [2.45, 2.75) is 96.4 Å². The average Bonchev–Trinajstić information content (AvgIpc) is 2.88. The van der Waals surface area contributed by atoms with Crippen molar-refractivity contribution in [3.8, 4) is 0 Å². The Labute approximate surface area is 239 Å². The van der Waals surface area contributed by atoms with E-state index in [-0.39, 0.29) is 30.6 Å². The molecule has 5 rings (SSSR count). The largest absolute Gasteiger partial charge is 0.455 e. The Morgan fingerprint density at radius 3 is 2.24 bits per heavy atom. The van der Waals surface area contributed by atoms with Crippen molar-refractivity contribution in [1.82, 2.24) is 0 Å². The van der Waals surface area contributed by atoms with Gasteiger partial charge in [-0.05, 0) is 43.0 Å². The van der Waals surface area contributed by atoms with Gasteiger partial charge in [0.05, 0.1) is 24.2 Å². The van der Waals surface area contributed by atoms with Gasteiger partial charge in [-0.25, -0.2) is 4.79 Å². The highest BCUT2D eigenvalue weighted by molar-refractivity contribution is 5.95. The molecule has 0 aromatic heterocycles. The highest BCUT2D eigenvalue weighted by Crippen LogP contribution is 2.64. The molecule has 0 spiro atoms. The van der Waals surface area contributed by atoms with E-state index in [1.807, 2.05) is 0 Å². The maximum Gasteiger partial charge on any atom is 0.338 e. The third kappa shape index (κ3) is 4.17. The molecule has 0 unspecified atom stereocenters. The number of rotatable bonds is 4. The number of benzene rings is 1. The third-order valence-corrected chi connectivity index (χ3v) is 10.1. The molecule has 0 amide bonds. The van der Waals surface area contributed by atoms with E-state index in [9.17, 15) is 29.4 Å². The first-order valence-corrected chi connectivity index (χ1v) is 14.0. The summed E-state index contributed by atoms with van der Waals surface area (Å²) in [5.41, 5.74) is -5.23. The zero-order valence-corrected chi connectivity index (χ0v) is 24.3. The number of aliphatic hydroxyl groups is 2. The van der Waals surface area contributed by atoms with Gasteiger partial charge in [-0.3, -0.25) is 14.4 Å². The lowest BCUT2D eigenvalue weighted by atomic mass is 9.45. The second-order valence-electron chi connectivity index (χ2n) is 12.7. The van der Waals surface area contributed by atoms with Gasteiger partial charge in [0.15, 0.2) is 17.5 Å². The van der Waals surface area contributed by atoms with E-state index in [0.717, 1.165) is 0 Å². The van der Waals surface area contributed by atoms with Gasteiger partial charge in [-0.2, -0.15) is 0 Å². The Kier molecular flexibility index (Phi) is 6.99. The van der Waals surface area contributed by atoms with Crippen LogP contribution in [0.25, 0.3) is 0 Å². The Bertz CT molecular complexity index is 1320. The van der Waals surface area contributed by atoms with Crippen LogP contribution in [0.15, 0.2) is 41.5 Å². The molecule has 8 atom stereocenters. The fourth-order valence-electron chi connectivity index (χ4n) is 7.92. The van der Waals surface area contributed by atoms with Gasteiger partial charge < -0.3 is 29.2 Å². The number of Topliss-reactive ketones (excluding diaryl/α,β-unsaturated/α-hetero) is 1.